The molecule has 0 fully saturated rings. The molecule has 298 valence electrons. The highest BCUT2D eigenvalue weighted by Crippen LogP contribution is 2.46. The van der Waals surface area contributed by atoms with E-state index >= 15 is 0 Å². The van der Waals surface area contributed by atoms with E-state index in [1.54, 1.807) is 0 Å². The number of nitrogens with zero attached hydrogens (tertiary/aromatic N) is 2. The summed E-state index contributed by atoms with van der Waals surface area (Å²) in [7, 11) is 0. The molecule has 0 aliphatic carbocycles. The molecular formula is C61H44N2. The number of rotatable bonds is 10. The van der Waals surface area contributed by atoms with Crippen LogP contribution >= 0.6 is 0 Å². The van der Waals surface area contributed by atoms with Crippen LogP contribution in [0.1, 0.15) is 22.3 Å². The number of fused-ring (bicyclic) bond motifs is 3. The van der Waals surface area contributed by atoms with Gasteiger partial charge in [0.25, 0.3) is 0 Å². The Bertz CT molecular complexity index is 3190. The van der Waals surface area contributed by atoms with Gasteiger partial charge in [-0.1, -0.05) is 212 Å². The van der Waals surface area contributed by atoms with Gasteiger partial charge in [-0.15, -0.1) is 0 Å². The van der Waals surface area contributed by atoms with E-state index in [-0.39, 0.29) is 0 Å². The van der Waals surface area contributed by atoms with Crippen LogP contribution in [-0.2, 0) is 5.41 Å². The van der Waals surface area contributed by atoms with E-state index in [0.29, 0.717) is 0 Å². The van der Waals surface area contributed by atoms with Crippen LogP contribution in [0.5, 0.6) is 0 Å². The standard InChI is InChI=1S/C61H44N2/c1-6-19-45(20-7-1)46-35-39-54(40-36-46)62(56-41-42-58-57-31-16-17-32-59(57)63(60(58)44-56)53-28-14-5-15-29-53)55-30-18-21-48(43-55)47-33-37-52(38-34-47)61(49-22-8-2-9-23-49,50-24-10-3-11-25-50)51-26-12-4-13-27-51/h1-44H. The van der Waals surface area contributed by atoms with E-state index in [1.165, 1.54) is 49.7 Å². The highest BCUT2D eigenvalue weighted by atomic mass is 15.1. The van der Waals surface area contributed by atoms with Crippen molar-refractivity contribution >= 4 is 38.9 Å². The highest BCUT2D eigenvalue weighted by molar-refractivity contribution is 6.10. The van der Waals surface area contributed by atoms with E-state index in [4.69, 9.17) is 0 Å². The molecule has 0 unspecified atom stereocenters. The molecule has 1 heterocycles. The molecule has 11 aromatic rings. The average Bonchev–Trinajstić information content (AvgIpc) is 3.70. The summed E-state index contributed by atoms with van der Waals surface area (Å²) in [6, 6.07) is 96.8. The molecule has 63 heavy (non-hydrogen) atoms. The molecule has 2 heteroatoms. The molecule has 11 rings (SSSR count). The molecule has 0 amide bonds. The topological polar surface area (TPSA) is 8.17 Å². The summed E-state index contributed by atoms with van der Waals surface area (Å²) in [5, 5.41) is 2.46. The minimum atomic E-state index is -0.506. The largest absolute Gasteiger partial charge is 0.310 e. The van der Waals surface area contributed by atoms with Gasteiger partial charge in [0.05, 0.1) is 16.4 Å². The number of benzene rings is 10. The van der Waals surface area contributed by atoms with Crippen molar-refractivity contribution in [1.82, 2.24) is 4.57 Å². The van der Waals surface area contributed by atoms with Crippen molar-refractivity contribution in [2.45, 2.75) is 5.41 Å². The Hall–Kier alpha value is -8.20. The van der Waals surface area contributed by atoms with Gasteiger partial charge in [-0.05, 0) is 99.1 Å². The van der Waals surface area contributed by atoms with Gasteiger partial charge < -0.3 is 9.47 Å². The Morgan fingerprint density at radius 2 is 0.698 bits per heavy atom. The summed E-state index contributed by atoms with van der Waals surface area (Å²) in [6.07, 6.45) is 0. The maximum Gasteiger partial charge on any atom is 0.0701 e. The van der Waals surface area contributed by atoms with Crippen LogP contribution in [0.4, 0.5) is 17.1 Å². The average molecular weight is 805 g/mol. The molecule has 0 bridgehead atoms. The summed E-state index contributed by atoms with van der Waals surface area (Å²) in [5.41, 5.74) is 15.8. The van der Waals surface area contributed by atoms with Crippen molar-refractivity contribution in [1.29, 1.82) is 0 Å². The Morgan fingerprint density at radius 1 is 0.270 bits per heavy atom. The van der Waals surface area contributed by atoms with Crippen LogP contribution in [0.15, 0.2) is 267 Å². The predicted octanol–water partition coefficient (Wildman–Crippen LogP) is 16.0. The van der Waals surface area contributed by atoms with E-state index in [0.717, 1.165) is 39.4 Å². The second-order valence-corrected chi connectivity index (χ2v) is 16.1. The van der Waals surface area contributed by atoms with Crippen LogP contribution in [0.2, 0.25) is 0 Å². The monoisotopic (exact) mass is 804 g/mol. The summed E-state index contributed by atoms with van der Waals surface area (Å²) >= 11 is 0. The first-order valence-corrected chi connectivity index (χ1v) is 21.7. The minimum Gasteiger partial charge on any atom is -0.310 e. The van der Waals surface area contributed by atoms with Gasteiger partial charge in [0.1, 0.15) is 0 Å². The first kappa shape index (κ1) is 37.8. The molecule has 0 saturated carbocycles. The van der Waals surface area contributed by atoms with Crippen LogP contribution in [-0.4, -0.2) is 4.57 Å². The first-order valence-electron chi connectivity index (χ1n) is 21.7. The number of para-hydroxylation sites is 2. The zero-order valence-corrected chi connectivity index (χ0v) is 34.8. The molecule has 10 aromatic carbocycles. The minimum absolute atomic E-state index is 0.506. The van der Waals surface area contributed by atoms with Crippen molar-refractivity contribution in [2.75, 3.05) is 4.90 Å². The lowest BCUT2D eigenvalue weighted by molar-refractivity contribution is 0.745. The summed E-state index contributed by atoms with van der Waals surface area (Å²) in [5.74, 6) is 0. The third-order valence-electron chi connectivity index (χ3n) is 12.5. The first-order chi connectivity index (χ1) is 31.3. The summed E-state index contributed by atoms with van der Waals surface area (Å²) in [6.45, 7) is 0. The molecule has 0 saturated heterocycles. The summed E-state index contributed by atoms with van der Waals surface area (Å²) in [4.78, 5) is 2.39. The molecule has 0 radical (unpaired) electrons. The van der Waals surface area contributed by atoms with Gasteiger partial charge >= 0.3 is 0 Å². The SMILES string of the molecule is c1ccc(-c2ccc(N(c3cccc(-c4ccc(C(c5ccccc5)(c5ccccc5)c5ccccc5)cc4)c3)c3ccc4c5ccccc5n(-c5ccccc5)c4c3)cc2)cc1. The van der Waals surface area contributed by atoms with Gasteiger partial charge in [-0.25, -0.2) is 0 Å². The Morgan fingerprint density at radius 3 is 1.32 bits per heavy atom. The Kier molecular flexibility index (Phi) is 9.80. The third-order valence-corrected chi connectivity index (χ3v) is 12.5. The molecule has 0 spiro atoms. The number of aromatic nitrogens is 1. The van der Waals surface area contributed by atoms with E-state index in [2.05, 4.69) is 276 Å². The van der Waals surface area contributed by atoms with E-state index in [1.807, 2.05) is 0 Å². The lowest BCUT2D eigenvalue weighted by atomic mass is 9.65. The van der Waals surface area contributed by atoms with Crippen molar-refractivity contribution < 1.29 is 0 Å². The van der Waals surface area contributed by atoms with Gasteiger partial charge in [0.15, 0.2) is 0 Å². The Labute approximate surface area is 369 Å². The van der Waals surface area contributed by atoms with E-state index < -0.39 is 5.41 Å². The maximum absolute atomic E-state index is 2.39. The molecule has 0 atom stereocenters. The third kappa shape index (κ3) is 6.79. The molecule has 0 aliphatic heterocycles. The summed E-state index contributed by atoms with van der Waals surface area (Å²) < 4.78 is 2.39. The lowest BCUT2D eigenvalue weighted by Crippen LogP contribution is -2.30. The van der Waals surface area contributed by atoms with Gasteiger partial charge in [0.2, 0.25) is 0 Å². The van der Waals surface area contributed by atoms with Crippen molar-refractivity contribution in [3.05, 3.63) is 289 Å². The van der Waals surface area contributed by atoms with Crippen molar-refractivity contribution in [2.24, 2.45) is 0 Å². The van der Waals surface area contributed by atoms with Crippen LogP contribution < -0.4 is 4.90 Å². The smallest absolute Gasteiger partial charge is 0.0701 e. The molecule has 0 N–H and O–H groups in total. The van der Waals surface area contributed by atoms with Crippen molar-refractivity contribution in [3.8, 4) is 27.9 Å². The zero-order valence-electron chi connectivity index (χ0n) is 34.8. The van der Waals surface area contributed by atoms with Gasteiger partial charge in [-0.3, -0.25) is 0 Å². The second-order valence-electron chi connectivity index (χ2n) is 16.1. The molecule has 2 nitrogen and oxygen atoms in total. The molecule has 1 aromatic heterocycles. The molecule has 0 aliphatic rings. The van der Waals surface area contributed by atoms with Gasteiger partial charge in [0, 0.05) is 33.5 Å². The fourth-order valence-electron chi connectivity index (χ4n) is 9.64. The van der Waals surface area contributed by atoms with Crippen LogP contribution in [0.3, 0.4) is 0 Å². The van der Waals surface area contributed by atoms with Crippen molar-refractivity contribution in [3.63, 3.8) is 0 Å². The highest BCUT2D eigenvalue weighted by Gasteiger charge is 2.38. The van der Waals surface area contributed by atoms with E-state index in [9.17, 15) is 0 Å². The predicted molar refractivity (Wildman–Crippen MR) is 265 cm³/mol. The van der Waals surface area contributed by atoms with Gasteiger partial charge in [-0.2, -0.15) is 0 Å². The van der Waals surface area contributed by atoms with Crippen LogP contribution in [0, 0.1) is 0 Å². The second kappa shape index (κ2) is 16.3. The van der Waals surface area contributed by atoms with Crippen LogP contribution in [0.25, 0.3) is 49.7 Å². The fraction of sp³-hybridized carbons (Fsp3) is 0.0164. The number of hydrogen-bond donors (Lipinski definition) is 0. The molecular weight excluding hydrogens is 761 g/mol. The lowest BCUT2D eigenvalue weighted by Gasteiger charge is -2.37. The maximum atomic E-state index is 2.39. The number of anilines is 3. The fourth-order valence-corrected chi connectivity index (χ4v) is 9.64. The Balaban J connectivity index is 1.05. The normalized spacial score (nSPS) is 11.5. The quantitative estimate of drug-likeness (QED) is 0.125. The number of hydrogen-bond acceptors (Lipinski definition) is 1. The zero-order chi connectivity index (χ0) is 42.0.